The summed E-state index contributed by atoms with van der Waals surface area (Å²) in [6.07, 6.45) is 4.82. The number of ether oxygens (including phenoxy) is 1. The average Bonchev–Trinajstić information content (AvgIpc) is 2.95. The van der Waals surface area contributed by atoms with Crippen molar-refractivity contribution in [2.45, 2.75) is 64.5 Å². The Kier molecular flexibility index (Phi) is 4.55. The Morgan fingerprint density at radius 2 is 1.80 bits per heavy atom. The summed E-state index contributed by atoms with van der Waals surface area (Å²) in [5.74, 6) is 0.492. The summed E-state index contributed by atoms with van der Waals surface area (Å²) >= 11 is 0. The number of amides is 2. The zero-order valence-corrected chi connectivity index (χ0v) is 12.8. The number of nitrogens with zero attached hydrogens (tertiary/aromatic N) is 1. The topological polar surface area (TPSA) is 58.6 Å². The molecule has 1 N–H and O–H groups in total. The molecule has 5 nitrogen and oxygen atoms in total. The molecule has 1 aliphatic carbocycles. The minimum atomic E-state index is -0.484. The van der Waals surface area contributed by atoms with Gasteiger partial charge in [0.25, 0.3) is 0 Å². The van der Waals surface area contributed by atoms with Gasteiger partial charge in [-0.25, -0.2) is 4.79 Å². The number of carbonyl (C=O) groups is 2. The van der Waals surface area contributed by atoms with Crippen LogP contribution in [0.25, 0.3) is 0 Å². The van der Waals surface area contributed by atoms with E-state index in [-0.39, 0.29) is 17.9 Å². The third kappa shape index (κ3) is 4.12. The molecule has 0 unspecified atom stereocenters. The van der Waals surface area contributed by atoms with Gasteiger partial charge in [0, 0.05) is 19.0 Å². The monoisotopic (exact) mass is 282 g/mol. The molecule has 0 aromatic rings. The van der Waals surface area contributed by atoms with Crippen molar-refractivity contribution in [3.8, 4) is 0 Å². The van der Waals surface area contributed by atoms with Crippen LogP contribution in [0.4, 0.5) is 4.79 Å². The molecule has 0 spiro atoms. The summed E-state index contributed by atoms with van der Waals surface area (Å²) in [4.78, 5) is 25.9. The molecule has 114 valence electrons. The lowest BCUT2D eigenvalue weighted by molar-refractivity contribution is -0.134. The van der Waals surface area contributed by atoms with E-state index >= 15 is 0 Å². The van der Waals surface area contributed by atoms with Crippen LogP contribution in [0, 0.1) is 5.92 Å². The van der Waals surface area contributed by atoms with E-state index in [1.165, 1.54) is 12.8 Å². The minimum absolute atomic E-state index is 0.0233. The maximum absolute atomic E-state index is 12.3. The molecule has 2 rings (SSSR count). The second-order valence-corrected chi connectivity index (χ2v) is 6.90. The van der Waals surface area contributed by atoms with Gasteiger partial charge in [0.2, 0.25) is 5.91 Å². The third-order valence-corrected chi connectivity index (χ3v) is 3.93. The van der Waals surface area contributed by atoms with E-state index in [9.17, 15) is 9.59 Å². The fourth-order valence-corrected chi connectivity index (χ4v) is 2.98. The van der Waals surface area contributed by atoms with Gasteiger partial charge in [0.05, 0.1) is 6.04 Å². The lowest BCUT2D eigenvalue weighted by atomic mass is 10.1. The standard InChI is InChI=1S/C15H26N2O3/c1-15(2,3)20-14(19)16-12-8-9-17(10-12)13(18)11-6-4-5-7-11/h11-12H,4-10H2,1-3H3,(H,16,19)/t12-/m0/s1. The van der Waals surface area contributed by atoms with E-state index in [4.69, 9.17) is 4.74 Å². The van der Waals surface area contributed by atoms with Crippen molar-refractivity contribution in [3.63, 3.8) is 0 Å². The Balaban J connectivity index is 1.77. The predicted molar refractivity (Wildman–Crippen MR) is 76.3 cm³/mol. The van der Waals surface area contributed by atoms with Gasteiger partial charge in [-0.2, -0.15) is 0 Å². The predicted octanol–water partition coefficient (Wildman–Crippen LogP) is 2.30. The first-order valence-electron chi connectivity index (χ1n) is 7.63. The van der Waals surface area contributed by atoms with Crippen LogP contribution in [0.15, 0.2) is 0 Å². The molecular formula is C15H26N2O3. The van der Waals surface area contributed by atoms with E-state index in [1.54, 1.807) is 0 Å². The Bertz CT molecular complexity index is 370. The van der Waals surface area contributed by atoms with E-state index in [2.05, 4.69) is 5.32 Å². The molecule has 1 aliphatic heterocycles. The molecule has 2 fully saturated rings. The number of nitrogens with one attached hydrogen (secondary N) is 1. The second-order valence-electron chi connectivity index (χ2n) is 6.90. The number of carbonyl (C=O) groups excluding carboxylic acids is 2. The van der Waals surface area contributed by atoms with Gasteiger partial charge < -0.3 is 15.0 Å². The van der Waals surface area contributed by atoms with Crippen LogP contribution in [0.2, 0.25) is 0 Å². The molecule has 0 aromatic heterocycles. The molecule has 1 heterocycles. The summed E-state index contributed by atoms with van der Waals surface area (Å²) in [6.45, 7) is 6.90. The highest BCUT2D eigenvalue weighted by Gasteiger charge is 2.33. The zero-order valence-electron chi connectivity index (χ0n) is 12.8. The first-order valence-corrected chi connectivity index (χ1v) is 7.63. The zero-order chi connectivity index (χ0) is 14.8. The van der Waals surface area contributed by atoms with E-state index in [1.807, 2.05) is 25.7 Å². The highest BCUT2D eigenvalue weighted by molar-refractivity contribution is 5.79. The third-order valence-electron chi connectivity index (χ3n) is 3.93. The van der Waals surface area contributed by atoms with Crippen LogP contribution < -0.4 is 5.32 Å². The van der Waals surface area contributed by atoms with Crippen molar-refractivity contribution in [1.82, 2.24) is 10.2 Å². The molecule has 0 aromatic carbocycles. The van der Waals surface area contributed by atoms with Crippen LogP contribution in [0.3, 0.4) is 0 Å². The van der Waals surface area contributed by atoms with Gasteiger partial charge >= 0.3 is 6.09 Å². The van der Waals surface area contributed by atoms with Gasteiger partial charge in [0.1, 0.15) is 5.60 Å². The van der Waals surface area contributed by atoms with Crippen molar-refractivity contribution < 1.29 is 14.3 Å². The molecule has 20 heavy (non-hydrogen) atoms. The summed E-state index contributed by atoms with van der Waals surface area (Å²) in [7, 11) is 0. The van der Waals surface area contributed by atoms with E-state index in [0.717, 1.165) is 25.8 Å². The quantitative estimate of drug-likeness (QED) is 0.845. The first-order chi connectivity index (χ1) is 9.35. The number of hydrogen-bond donors (Lipinski definition) is 1. The minimum Gasteiger partial charge on any atom is -0.444 e. The second kappa shape index (κ2) is 6.02. The highest BCUT2D eigenvalue weighted by Crippen LogP contribution is 2.27. The van der Waals surface area contributed by atoms with E-state index < -0.39 is 11.7 Å². The molecule has 2 aliphatic rings. The largest absolute Gasteiger partial charge is 0.444 e. The number of hydrogen-bond acceptors (Lipinski definition) is 3. The summed E-state index contributed by atoms with van der Waals surface area (Å²) in [5, 5.41) is 2.86. The van der Waals surface area contributed by atoms with E-state index in [0.29, 0.717) is 6.54 Å². The molecular weight excluding hydrogens is 256 g/mol. The van der Waals surface area contributed by atoms with Crippen molar-refractivity contribution >= 4 is 12.0 Å². The number of likely N-dealkylation sites (tertiary alicyclic amines) is 1. The van der Waals surface area contributed by atoms with Gasteiger partial charge in [-0.15, -0.1) is 0 Å². The van der Waals surface area contributed by atoms with Crippen molar-refractivity contribution in [2.24, 2.45) is 5.92 Å². The first kappa shape index (κ1) is 15.1. The van der Waals surface area contributed by atoms with Crippen LogP contribution in [-0.4, -0.2) is 41.6 Å². The normalized spacial score (nSPS) is 23.9. The maximum atomic E-state index is 12.3. The van der Waals surface area contributed by atoms with Gasteiger partial charge in [-0.05, 0) is 40.0 Å². The molecule has 5 heteroatoms. The lowest BCUT2D eigenvalue weighted by Gasteiger charge is -2.23. The average molecular weight is 282 g/mol. The smallest absolute Gasteiger partial charge is 0.407 e. The molecule has 0 radical (unpaired) electrons. The fraction of sp³-hybridized carbons (Fsp3) is 0.867. The summed E-state index contributed by atoms with van der Waals surface area (Å²) in [6, 6.07) is 0.0233. The van der Waals surface area contributed by atoms with Crippen molar-refractivity contribution in [3.05, 3.63) is 0 Å². The highest BCUT2D eigenvalue weighted by atomic mass is 16.6. The summed E-state index contributed by atoms with van der Waals surface area (Å²) in [5.41, 5.74) is -0.484. The molecule has 1 saturated heterocycles. The van der Waals surface area contributed by atoms with Crippen LogP contribution in [-0.2, 0) is 9.53 Å². The Morgan fingerprint density at radius 1 is 1.15 bits per heavy atom. The van der Waals surface area contributed by atoms with Gasteiger partial charge in [0.15, 0.2) is 0 Å². The molecule has 0 bridgehead atoms. The summed E-state index contributed by atoms with van der Waals surface area (Å²) < 4.78 is 5.24. The van der Waals surface area contributed by atoms with Crippen LogP contribution in [0.1, 0.15) is 52.9 Å². The van der Waals surface area contributed by atoms with Gasteiger partial charge in [-0.3, -0.25) is 4.79 Å². The lowest BCUT2D eigenvalue weighted by Crippen LogP contribution is -2.42. The van der Waals surface area contributed by atoms with Crippen LogP contribution in [0.5, 0.6) is 0 Å². The van der Waals surface area contributed by atoms with Gasteiger partial charge in [-0.1, -0.05) is 12.8 Å². The SMILES string of the molecule is CC(C)(C)OC(=O)N[C@H]1CCN(C(=O)C2CCCC2)C1. The molecule has 1 atom stereocenters. The Labute approximate surface area is 121 Å². The van der Waals surface area contributed by atoms with Crippen molar-refractivity contribution in [2.75, 3.05) is 13.1 Å². The van der Waals surface area contributed by atoms with Crippen LogP contribution >= 0.6 is 0 Å². The van der Waals surface area contributed by atoms with Crippen molar-refractivity contribution in [1.29, 1.82) is 0 Å². The number of rotatable bonds is 2. The fourth-order valence-electron chi connectivity index (χ4n) is 2.98. The molecule has 1 saturated carbocycles. The number of alkyl carbamates (subject to hydrolysis) is 1. The Hall–Kier alpha value is -1.26. The maximum Gasteiger partial charge on any atom is 0.407 e. The Morgan fingerprint density at radius 3 is 2.40 bits per heavy atom. The molecule has 2 amide bonds.